The number of carbonyl (C=O) groups excluding carboxylic acids is 1. The lowest BCUT2D eigenvalue weighted by atomic mass is 10.0. The summed E-state index contributed by atoms with van der Waals surface area (Å²) < 4.78 is 5.41. The van der Waals surface area contributed by atoms with Gasteiger partial charge in [0, 0.05) is 25.7 Å². The highest BCUT2D eigenvalue weighted by Gasteiger charge is 2.29. The van der Waals surface area contributed by atoms with Gasteiger partial charge in [-0.2, -0.15) is 0 Å². The van der Waals surface area contributed by atoms with Crippen LogP contribution in [0.2, 0.25) is 0 Å². The van der Waals surface area contributed by atoms with E-state index in [1.54, 1.807) is 0 Å². The molecule has 1 saturated heterocycles. The minimum Gasteiger partial charge on any atom is -0.445 e. The van der Waals surface area contributed by atoms with Gasteiger partial charge >= 0.3 is 6.09 Å². The molecule has 1 amide bonds. The Morgan fingerprint density at radius 3 is 2.84 bits per heavy atom. The normalized spacial score (nSPS) is 19.5. The van der Waals surface area contributed by atoms with E-state index in [9.17, 15) is 4.79 Å². The van der Waals surface area contributed by atoms with Gasteiger partial charge in [0.2, 0.25) is 0 Å². The standard InChI is InChI=1S/C15H22N2O2/c1-12(2)14-10-16-8-9-17(14)15(18)19-11-13-6-4-3-5-7-13/h3-7,12,14,16H,8-11H2,1-2H3/t14-/m0/s1. The minimum atomic E-state index is -0.205. The van der Waals surface area contributed by atoms with Crippen LogP contribution in [0.5, 0.6) is 0 Å². The van der Waals surface area contributed by atoms with Gasteiger partial charge < -0.3 is 15.0 Å². The van der Waals surface area contributed by atoms with Crippen molar-refractivity contribution in [3.8, 4) is 0 Å². The molecule has 1 atom stereocenters. The zero-order valence-electron chi connectivity index (χ0n) is 11.6. The summed E-state index contributed by atoms with van der Waals surface area (Å²) in [5.41, 5.74) is 1.02. The summed E-state index contributed by atoms with van der Waals surface area (Å²) in [4.78, 5) is 14.0. The number of amides is 1. The second kappa shape index (κ2) is 6.57. The van der Waals surface area contributed by atoms with Gasteiger partial charge in [-0.1, -0.05) is 44.2 Å². The Hall–Kier alpha value is -1.55. The predicted molar refractivity (Wildman–Crippen MR) is 74.8 cm³/mol. The van der Waals surface area contributed by atoms with Gasteiger partial charge in [-0.3, -0.25) is 0 Å². The molecule has 0 bridgehead atoms. The first-order valence-electron chi connectivity index (χ1n) is 6.86. The van der Waals surface area contributed by atoms with Gasteiger partial charge in [-0.15, -0.1) is 0 Å². The van der Waals surface area contributed by atoms with Gasteiger partial charge in [-0.25, -0.2) is 4.79 Å². The third kappa shape index (κ3) is 3.70. The monoisotopic (exact) mass is 262 g/mol. The molecule has 0 spiro atoms. The Morgan fingerprint density at radius 1 is 1.42 bits per heavy atom. The summed E-state index contributed by atoms with van der Waals surface area (Å²) in [5.74, 6) is 0.428. The van der Waals surface area contributed by atoms with E-state index < -0.39 is 0 Å². The molecule has 1 fully saturated rings. The highest BCUT2D eigenvalue weighted by atomic mass is 16.6. The van der Waals surface area contributed by atoms with Crippen molar-refractivity contribution >= 4 is 6.09 Å². The predicted octanol–water partition coefficient (Wildman–Crippen LogP) is 2.25. The molecule has 4 heteroatoms. The van der Waals surface area contributed by atoms with E-state index in [1.165, 1.54) is 0 Å². The number of rotatable bonds is 3. The Bertz CT molecular complexity index is 406. The van der Waals surface area contributed by atoms with E-state index in [-0.39, 0.29) is 12.1 Å². The summed E-state index contributed by atoms with van der Waals surface area (Å²) in [7, 11) is 0. The Labute approximate surface area is 114 Å². The van der Waals surface area contributed by atoms with E-state index in [0.29, 0.717) is 12.5 Å². The lowest BCUT2D eigenvalue weighted by Gasteiger charge is -2.37. The molecular weight excluding hydrogens is 240 g/mol. The first kappa shape index (κ1) is 13.9. The van der Waals surface area contributed by atoms with Crippen molar-refractivity contribution in [1.29, 1.82) is 0 Å². The fourth-order valence-electron chi connectivity index (χ4n) is 2.35. The second-order valence-electron chi connectivity index (χ2n) is 5.25. The van der Waals surface area contributed by atoms with Gasteiger partial charge in [0.1, 0.15) is 6.61 Å². The summed E-state index contributed by atoms with van der Waals surface area (Å²) >= 11 is 0. The summed E-state index contributed by atoms with van der Waals surface area (Å²) in [6.45, 7) is 7.01. The van der Waals surface area contributed by atoms with Crippen LogP contribution in [-0.4, -0.2) is 36.7 Å². The van der Waals surface area contributed by atoms with E-state index >= 15 is 0 Å². The molecule has 4 nitrogen and oxygen atoms in total. The van der Waals surface area contributed by atoms with E-state index in [0.717, 1.165) is 25.2 Å². The van der Waals surface area contributed by atoms with Crippen molar-refractivity contribution in [2.45, 2.75) is 26.5 Å². The van der Waals surface area contributed by atoms with E-state index in [4.69, 9.17) is 4.74 Å². The zero-order chi connectivity index (χ0) is 13.7. The molecule has 1 aliphatic heterocycles. The van der Waals surface area contributed by atoms with Crippen molar-refractivity contribution in [3.63, 3.8) is 0 Å². The molecule has 0 radical (unpaired) electrons. The maximum absolute atomic E-state index is 12.2. The average molecular weight is 262 g/mol. The molecule has 0 saturated carbocycles. The highest BCUT2D eigenvalue weighted by molar-refractivity contribution is 5.68. The molecule has 19 heavy (non-hydrogen) atoms. The fraction of sp³-hybridized carbons (Fsp3) is 0.533. The van der Waals surface area contributed by atoms with Crippen LogP contribution in [0.15, 0.2) is 30.3 Å². The van der Waals surface area contributed by atoms with E-state index in [1.807, 2.05) is 35.2 Å². The number of carbonyl (C=O) groups is 1. The molecule has 1 heterocycles. The maximum atomic E-state index is 12.2. The van der Waals surface area contributed by atoms with Gasteiger partial charge in [0.15, 0.2) is 0 Å². The first-order valence-corrected chi connectivity index (χ1v) is 6.86. The van der Waals surface area contributed by atoms with Crippen LogP contribution in [0.1, 0.15) is 19.4 Å². The Kier molecular flexibility index (Phi) is 4.80. The number of benzene rings is 1. The highest BCUT2D eigenvalue weighted by Crippen LogP contribution is 2.14. The molecule has 0 aromatic heterocycles. The fourth-order valence-corrected chi connectivity index (χ4v) is 2.35. The average Bonchev–Trinajstić information content (AvgIpc) is 2.46. The summed E-state index contributed by atoms with van der Waals surface area (Å²) in [6, 6.07) is 10.00. The largest absolute Gasteiger partial charge is 0.445 e. The molecule has 0 unspecified atom stereocenters. The minimum absolute atomic E-state index is 0.205. The van der Waals surface area contributed by atoms with Gasteiger partial charge in [0.05, 0.1) is 0 Å². The lowest BCUT2D eigenvalue weighted by Crippen LogP contribution is -2.55. The van der Waals surface area contributed by atoms with Crippen molar-refractivity contribution in [3.05, 3.63) is 35.9 Å². The summed E-state index contributed by atoms with van der Waals surface area (Å²) in [5, 5.41) is 3.33. The van der Waals surface area contributed by atoms with Crippen molar-refractivity contribution in [2.24, 2.45) is 5.92 Å². The first-order chi connectivity index (χ1) is 9.18. The van der Waals surface area contributed by atoms with Crippen LogP contribution in [0, 0.1) is 5.92 Å². The van der Waals surface area contributed by atoms with Crippen molar-refractivity contribution < 1.29 is 9.53 Å². The molecule has 0 aliphatic carbocycles. The molecular formula is C15H22N2O2. The van der Waals surface area contributed by atoms with Crippen LogP contribution in [0.4, 0.5) is 4.79 Å². The quantitative estimate of drug-likeness (QED) is 0.908. The van der Waals surface area contributed by atoms with Crippen molar-refractivity contribution in [1.82, 2.24) is 10.2 Å². The summed E-state index contributed by atoms with van der Waals surface area (Å²) in [6.07, 6.45) is -0.205. The van der Waals surface area contributed by atoms with Crippen LogP contribution in [0.25, 0.3) is 0 Å². The Morgan fingerprint density at radius 2 is 2.16 bits per heavy atom. The second-order valence-corrected chi connectivity index (χ2v) is 5.25. The topological polar surface area (TPSA) is 41.6 Å². The van der Waals surface area contributed by atoms with Crippen LogP contribution in [-0.2, 0) is 11.3 Å². The molecule has 1 aromatic carbocycles. The number of nitrogens with zero attached hydrogens (tertiary/aromatic N) is 1. The number of hydrogen-bond donors (Lipinski definition) is 1. The Balaban J connectivity index is 1.91. The molecule has 1 aromatic rings. The van der Waals surface area contributed by atoms with Crippen molar-refractivity contribution in [2.75, 3.05) is 19.6 Å². The van der Waals surface area contributed by atoms with Crippen LogP contribution < -0.4 is 5.32 Å². The number of ether oxygens (including phenoxy) is 1. The number of hydrogen-bond acceptors (Lipinski definition) is 3. The SMILES string of the molecule is CC(C)[C@@H]1CNCCN1C(=O)OCc1ccccc1. The lowest BCUT2D eigenvalue weighted by molar-refractivity contribution is 0.0612. The molecule has 1 N–H and O–H groups in total. The van der Waals surface area contributed by atoms with Gasteiger partial charge in [0.25, 0.3) is 0 Å². The number of nitrogens with one attached hydrogen (secondary N) is 1. The number of piperazine rings is 1. The third-order valence-corrected chi connectivity index (χ3v) is 3.49. The molecule has 1 aliphatic rings. The van der Waals surface area contributed by atoms with Crippen LogP contribution in [0.3, 0.4) is 0 Å². The molecule has 2 rings (SSSR count). The molecule has 104 valence electrons. The van der Waals surface area contributed by atoms with Crippen LogP contribution >= 0.6 is 0 Å². The van der Waals surface area contributed by atoms with E-state index in [2.05, 4.69) is 19.2 Å². The third-order valence-electron chi connectivity index (χ3n) is 3.49. The maximum Gasteiger partial charge on any atom is 0.410 e. The van der Waals surface area contributed by atoms with Gasteiger partial charge in [-0.05, 0) is 11.5 Å². The zero-order valence-corrected chi connectivity index (χ0v) is 11.6. The smallest absolute Gasteiger partial charge is 0.410 e.